The van der Waals surface area contributed by atoms with Crippen LogP contribution in [0.3, 0.4) is 0 Å². The Morgan fingerprint density at radius 3 is 2.45 bits per heavy atom. The number of benzene rings is 2. The van der Waals surface area contributed by atoms with Gasteiger partial charge in [-0.25, -0.2) is 5.48 Å². The minimum absolute atomic E-state index is 0.278. The summed E-state index contributed by atoms with van der Waals surface area (Å²) >= 11 is 0. The van der Waals surface area contributed by atoms with Crippen LogP contribution in [0, 0.1) is 23.2 Å². The van der Waals surface area contributed by atoms with Crippen molar-refractivity contribution in [2.45, 2.75) is 6.42 Å². The lowest BCUT2D eigenvalue weighted by Crippen LogP contribution is -2.23. The van der Waals surface area contributed by atoms with E-state index in [9.17, 15) is 4.79 Å². The van der Waals surface area contributed by atoms with Gasteiger partial charge in [-0.2, -0.15) is 5.26 Å². The number of rotatable bonds is 4. The van der Waals surface area contributed by atoms with Crippen molar-refractivity contribution in [2.24, 2.45) is 0 Å². The largest absolute Gasteiger partial charge is 0.274 e. The summed E-state index contributed by atoms with van der Waals surface area (Å²) in [6.07, 6.45) is 0.453. The first-order valence-corrected chi connectivity index (χ1v) is 6.76. The van der Waals surface area contributed by atoms with E-state index in [1.165, 1.54) is 0 Å². The van der Waals surface area contributed by atoms with E-state index in [2.05, 4.69) is 23.4 Å². The first-order chi connectivity index (χ1) is 10.8. The fourth-order valence-corrected chi connectivity index (χ4v) is 1.71. The number of nitrogens with zero attached hydrogens (tertiary/aromatic N) is 1. The van der Waals surface area contributed by atoms with Crippen LogP contribution in [0.4, 0.5) is 0 Å². The summed E-state index contributed by atoms with van der Waals surface area (Å²) in [7, 11) is 0. The molecule has 0 atom stereocenters. The Morgan fingerprint density at radius 2 is 1.73 bits per heavy atom. The second-order valence-electron chi connectivity index (χ2n) is 4.35. The lowest BCUT2D eigenvalue weighted by molar-refractivity contribution is 0.0335. The van der Waals surface area contributed by atoms with Crippen LogP contribution < -0.4 is 5.48 Å². The standard InChI is InChI=1S/C18H14N2O2/c19-14-17-12-5-4-8-15(17)9-6-7-13-22-20-18(21)16-10-2-1-3-11-16/h1-5,8,10-12H,7,13H2,(H,20,21). The average Bonchev–Trinajstić information content (AvgIpc) is 2.58. The summed E-state index contributed by atoms with van der Waals surface area (Å²) in [5.74, 6) is 5.54. The first kappa shape index (κ1) is 15.3. The summed E-state index contributed by atoms with van der Waals surface area (Å²) in [4.78, 5) is 16.8. The zero-order chi connectivity index (χ0) is 15.6. The van der Waals surface area contributed by atoms with E-state index in [0.29, 0.717) is 23.1 Å². The molecule has 0 aromatic heterocycles. The molecule has 0 aliphatic heterocycles. The van der Waals surface area contributed by atoms with Gasteiger partial charge in [0.25, 0.3) is 5.91 Å². The van der Waals surface area contributed by atoms with E-state index in [-0.39, 0.29) is 12.5 Å². The molecule has 0 aliphatic rings. The molecule has 0 spiro atoms. The molecule has 0 heterocycles. The molecular formula is C18H14N2O2. The Labute approximate surface area is 129 Å². The van der Waals surface area contributed by atoms with E-state index in [4.69, 9.17) is 10.1 Å². The molecule has 0 aliphatic carbocycles. The van der Waals surface area contributed by atoms with Crippen molar-refractivity contribution in [2.75, 3.05) is 6.61 Å². The SMILES string of the molecule is N#Cc1ccccc1C#CCCONC(=O)c1ccccc1. The first-order valence-electron chi connectivity index (χ1n) is 6.76. The van der Waals surface area contributed by atoms with Gasteiger partial charge in [0, 0.05) is 17.5 Å². The molecule has 1 N–H and O–H groups in total. The Hall–Kier alpha value is -3.08. The molecule has 2 rings (SSSR count). The third kappa shape index (κ3) is 4.49. The Balaban J connectivity index is 1.76. The quantitative estimate of drug-likeness (QED) is 0.535. The number of nitriles is 1. The molecule has 0 saturated carbocycles. The van der Waals surface area contributed by atoms with E-state index in [0.717, 1.165) is 0 Å². The zero-order valence-electron chi connectivity index (χ0n) is 11.9. The van der Waals surface area contributed by atoms with Gasteiger partial charge < -0.3 is 0 Å². The Morgan fingerprint density at radius 1 is 1.05 bits per heavy atom. The van der Waals surface area contributed by atoms with Gasteiger partial charge in [0.1, 0.15) is 6.07 Å². The van der Waals surface area contributed by atoms with Gasteiger partial charge in [0.05, 0.1) is 12.2 Å². The van der Waals surface area contributed by atoms with Crippen molar-refractivity contribution >= 4 is 5.91 Å². The highest BCUT2D eigenvalue weighted by Gasteiger charge is 2.02. The van der Waals surface area contributed by atoms with Gasteiger partial charge in [-0.05, 0) is 24.3 Å². The summed E-state index contributed by atoms with van der Waals surface area (Å²) < 4.78 is 0. The van der Waals surface area contributed by atoms with E-state index in [1.807, 2.05) is 12.1 Å². The molecule has 0 bridgehead atoms. The minimum atomic E-state index is -0.289. The predicted octanol–water partition coefficient (Wildman–Crippen LogP) is 2.66. The number of hydrogen-bond donors (Lipinski definition) is 1. The fraction of sp³-hybridized carbons (Fsp3) is 0.111. The highest BCUT2D eigenvalue weighted by molar-refractivity contribution is 5.93. The van der Waals surface area contributed by atoms with Crippen LogP contribution in [0.15, 0.2) is 54.6 Å². The maximum Gasteiger partial charge on any atom is 0.274 e. The minimum Gasteiger partial charge on any atom is -0.272 e. The van der Waals surface area contributed by atoms with E-state index < -0.39 is 0 Å². The second kappa shape index (κ2) is 8.26. The summed E-state index contributed by atoms with van der Waals surface area (Å²) in [5, 5.41) is 8.94. The molecular weight excluding hydrogens is 276 g/mol. The number of amides is 1. The number of carbonyl (C=O) groups excluding carboxylic acids is 1. The molecule has 2 aromatic rings. The van der Waals surface area contributed by atoms with Gasteiger partial charge in [-0.3, -0.25) is 9.63 Å². The van der Waals surface area contributed by atoms with Crippen LogP contribution >= 0.6 is 0 Å². The third-order valence-corrected chi connectivity index (χ3v) is 2.80. The van der Waals surface area contributed by atoms with Gasteiger partial charge in [0.15, 0.2) is 0 Å². The smallest absolute Gasteiger partial charge is 0.272 e. The number of hydrogen-bond acceptors (Lipinski definition) is 3. The average molecular weight is 290 g/mol. The summed E-state index contributed by atoms with van der Waals surface area (Å²) in [5.41, 5.74) is 4.14. The molecule has 4 nitrogen and oxygen atoms in total. The van der Waals surface area contributed by atoms with Crippen LogP contribution in [0.2, 0.25) is 0 Å². The Kier molecular flexibility index (Phi) is 5.75. The number of nitrogens with one attached hydrogen (secondary N) is 1. The highest BCUT2D eigenvalue weighted by Crippen LogP contribution is 2.04. The monoisotopic (exact) mass is 290 g/mol. The van der Waals surface area contributed by atoms with Crippen LogP contribution in [-0.4, -0.2) is 12.5 Å². The van der Waals surface area contributed by atoms with E-state index in [1.54, 1.807) is 42.5 Å². The van der Waals surface area contributed by atoms with Gasteiger partial charge >= 0.3 is 0 Å². The van der Waals surface area contributed by atoms with Crippen LogP contribution in [0.1, 0.15) is 27.9 Å². The number of hydroxylamine groups is 1. The van der Waals surface area contributed by atoms with Crippen LogP contribution in [-0.2, 0) is 4.84 Å². The fourth-order valence-electron chi connectivity index (χ4n) is 1.71. The maximum absolute atomic E-state index is 11.7. The van der Waals surface area contributed by atoms with Crippen molar-refractivity contribution in [3.63, 3.8) is 0 Å². The summed E-state index contributed by atoms with van der Waals surface area (Å²) in [6, 6.07) is 18.1. The van der Waals surface area contributed by atoms with Crippen LogP contribution in [0.25, 0.3) is 0 Å². The molecule has 4 heteroatoms. The zero-order valence-corrected chi connectivity index (χ0v) is 11.9. The molecule has 0 unspecified atom stereocenters. The second-order valence-corrected chi connectivity index (χ2v) is 4.35. The normalized spacial score (nSPS) is 9.23. The topological polar surface area (TPSA) is 62.1 Å². The Bertz CT molecular complexity index is 737. The molecule has 22 heavy (non-hydrogen) atoms. The van der Waals surface area contributed by atoms with Crippen molar-refractivity contribution < 1.29 is 9.63 Å². The van der Waals surface area contributed by atoms with Crippen molar-refractivity contribution in [3.8, 4) is 17.9 Å². The van der Waals surface area contributed by atoms with Gasteiger partial charge in [-0.1, -0.05) is 42.2 Å². The van der Waals surface area contributed by atoms with Crippen molar-refractivity contribution in [1.82, 2.24) is 5.48 Å². The number of carbonyl (C=O) groups is 1. The molecule has 1 amide bonds. The predicted molar refractivity (Wildman–Crippen MR) is 82.5 cm³/mol. The molecule has 108 valence electrons. The van der Waals surface area contributed by atoms with E-state index >= 15 is 0 Å². The maximum atomic E-state index is 11.7. The molecule has 0 fully saturated rings. The van der Waals surface area contributed by atoms with Crippen molar-refractivity contribution in [1.29, 1.82) is 5.26 Å². The molecule has 2 aromatic carbocycles. The highest BCUT2D eigenvalue weighted by atomic mass is 16.6. The summed E-state index contributed by atoms with van der Waals surface area (Å²) in [6.45, 7) is 0.278. The van der Waals surface area contributed by atoms with Crippen molar-refractivity contribution in [3.05, 3.63) is 71.3 Å². The van der Waals surface area contributed by atoms with Gasteiger partial charge in [-0.15, -0.1) is 0 Å². The third-order valence-electron chi connectivity index (χ3n) is 2.80. The lowest BCUT2D eigenvalue weighted by Gasteiger charge is -2.03. The molecule has 0 saturated heterocycles. The lowest BCUT2D eigenvalue weighted by atomic mass is 10.1. The van der Waals surface area contributed by atoms with Gasteiger partial charge in [0.2, 0.25) is 0 Å². The van der Waals surface area contributed by atoms with Crippen LogP contribution in [0.5, 0.6) is 0 Å². The molecule has 0 radical (unpaired) electrons.